The van der Waals surface area contributed by atoms with Crippen molar-refractivity contribution in [1.29, 1.82) is 0 Å². The molecular formula is C17H18ClFN2O2. The van der Waals surface area contributed by atoms with Gasteiger partial charge in [-0.05, 0) is 36.6 Å². The molecule has 2 aromatic carbocycles. The van der Waals surface area contributed by atoms with E-state index in [4.69, 9.17) is 16.3 Å². The number of aryl methyl sites for hydroxylation is 1. The van der Waals surface area contributed by atoms with Crippen LogP contribution in [0.15, 0.2) is 36.4 Å². The van der Waals surface area contributed by atoms with Crippen molar-refractivity contribution < 1.29 is 13.9 Å². The first-order valence-corrected chi connectivity index (χ1v) is 7.51. The number of carbonyl (C=O) groups is 1. The van der Waals surface area contributed by atoms with Crippen molar-refractivity contribution in [2.75, 3.05) is 19.0 Å². The van der Waals surface area contributed by atoms with Crippen molar-refractivity contribution in [2.45, 2.75) is 13.3 Å². The summed E-state index contributed by atoms with van der Waals surface area (Å²) in [5, 5.41) is 5.95. The van der Waals surface area contributed by atoms with E-state index in [-0.39, 0.29) is 11.8 Å². The average molecular weight is 337 g/mol. The van der Waals surface area contributed by atoms with Crippen molar-refractivity contribution >= 4 is 23.3 Å². The fourth-order valence-corrected chi connectivity index (χ4v) is 2.26. The van der Waals surface area contributed by atoms with E-state index in [9.17, 15) is 9.18 Å². The lowest BCUT2D eigenvalue weighted by Crippen LogP contribution is -2.30. The van der Waals surface area contributed by atoms with Gasteiger partial charge in [0.1, 0.15) is 11.6 Å². The van der Waals surface area contributed by atoms with Crippen molar-refractivity contribution in [1.82, 2.24) is 5.32 Å². The Kier molecular flexibility index (Phi) is 5.82. The molecule has 0 saturated heterocycles. The number of anilines is 1. The number of urea groups is 1. The van der Waals surface area contributed by atoms with Crippen molar-refractivity contribution in [3.8, 4) is 5.75 Å². The van der Waals surface area contributed by atoms with Gasteiger partial charge in [0.25, 0.3) is 0 Å². The van der Waals surface area contributed by atoms with E-state index in [2.05, 4.69) is 10.6 Å². The maximum atomic E-state index is 13.5. The molecule has 2 amide bonds. The highest BCUT2D eigenvalue weighted by molar-refractivity contribution is 6.31. The zero-order chi connectivity index (χ0) is 16.8. The van der Waals surface area contributed by atoms with E-state index >= 15 is 0 Å². The molecule has 122 valence electrons. The third-order valence-electron chi connectivity index (χ3n) is 3.37. The quantitative estimate of drug-likeness (QED) is 0.861. The van der Waals surface area contributed by atoms with Gasteiger partial charge in [0.15, 0.2) is 0 Å². The minimum Gasteiger partial charge on any atom is -0.495 e. The summed E-state index contributed by atoms with van der Waals surface area (Å²) in [7, 11) is 1.50. The molecule has 0 atom stereocenters. The number of methoxy groups -OCH3 is 1. The summed E-state index contributed by atoms with van der Waals surface area (Å²) in [6.45, 7) is 2.16. The van der Waals surface area contributed by atoms with Gasteiger partial charge < -0.3 is 15.4 Å². The maximum absolute atomic E-state index is 13.5. The molecule has 0 fully saturated rings. The van der Waals surface area contributed by atoms with Gasteiger partial charge in [0, 0.05) is 17.6 Å². The van der Waals surface area contributed by atoms with Gasteiger partial charge in [0.05, 0.1) is 12.8 Å². The lowest BCUT2D eigenvalue weighted by molar-refractivity contribution is 0.252. The molecule has 6 heteroatoms. The Hall–Kier alpha value is -2.27. The van der Waals surface area contributed by atoms with Crippen molar-refractivity contribution in [2.24, 2.45) is 0 Å². The zero-order valence-electron chi connectivity index (χ0n) is 13.0. The average Bonchev–Trinajstić information content (AvgIpc) is 2.52. The zero-order valence-corrected chi connectivity index (χ0v) is 13.7. The first kappa shape index (κ1) is 17.1. The Balaban J connectivity index is 1.93. The SMILES string of the molecule is COc1cc(Cl)c(C)cc1NC(=O)NCCc1ccccc1F. The number of nitrogens with one attached hydrogen (secondary N) is 2. The van der Waals surface area contributed by atoms with E-state index < -0.39 is 0 Å². The minimum absolute atomic E-state index is 0.273. The number of ether oxygens (including phenoxy) is 1. The molecule has 0 saturated carbocycles. The molecule has 0 spiro atoms. The van der Waals surface area contributed by atoms with Gasteiger partial charge in [-0.2, -0.15) is 0 Å². The normalized spacial score (nSPS) is 10.3. The van der Waals surface area contributed by atoms with E-state index in [0.29, 0.717) is 35.0 Å². The molecule has 0 aliphatic rings. The van der Waals surface area contributed by atoms with Crippen LogP contribution in [-0.4, -0.2) is 19.7 Å². The molecule has 0 heterocycles. The third kappa shape index (κ3) is 4.60. The molecule has 0 aromatic heterocycles. The van der Waals surface area contributed by atoms with Gasteiger partial charge in [-0.15, -0.1) is 0 Å². The first-order chi connectivity index (χ1) is 11.0. The molecule has 0 aliphatic carbocycles. The summed E-state index contributed by atoms with van der Waals surface area (Å²) in [5.41, 5.74) is 1.92. The molecule has 0 radical (unpaired) electrons. The minimum atomic E-state index is -0.388. The monoisotopic (exact) mass is 336 g/mol. The Bertz CT molecular complexity index is 707. The molecular weight excluding hydrogens is 319 g/mol. The van der Waals surface area contributed by atoms with Gasteiger partial charge in [-0.1, -0.05) is 29.8 Å². The van der Waals surface area contributed by atoms with Crippen molar-refractivity contribution in [3.05, 3.63) is 58.4 Å². The van der Waals surface area contributed by atoms with E-state index in [1.807, 2.05) is 6.92 Å². The predicted molar refractivity (Wildman–Crippen MR) is 89.9 cm³/mol. The summed E-state index contributed by atoms with van der Waals surface area (Å²) in [6.07, 6.45) is 0.414. The van der Waals surface area contributed by atoms with E-state index in [0.717, 1.165) is 5.56 Å². The van der Waals surface area contributed by atoms with Crippen LogP contribution in [0.3, 0.4) is 0 Å². The number of halogens is 2. The predicted octanol–water partition coefficient (Wildman–Crippen LogP) is 4.16. The number of hydrogen-bond donors (Lipinski definition) is 2. The third-order valence-corrected chi connectivity index (χ3v) is 3.77. The molecule has 2 rings (SSSR count). The standard InChI is InChI=1S/C17H18ClFN2O2/c1-11-9-15(16(23-2)10-13(11)18)21-17(22)20-8-7-12-5-3-4-6-14(12)19/h3-6,9-10H,7-8H2,1-2H3,(H2,20,21,22). The summed E-state index contributed by atoms with van der Waals surface area (Å²) < 4.78 is 18.7. The molecule has 23 heavy (non-hydrogen) atoms. The summed E-state index contributed by atoms with van der Waals surface area (Å²) in [6, 6.07) is 9.48. The first-order valence-electron chi connectivity index (χ1n) is 7.13. The Morgan fingerprint density at radius 1 is 1.30 bits per heavy atom. The summed E-state index contributed by atoms with van der Waals surface area (Å²) in [4.78, 5) is 11.9. The van der Waals surface area contributed by atoms with Crippen LogP contribution >= 0.6 is 11.6 Å². The summed E-state index contributed by atoms with van der Waals surface area (Å²) in [5.74, 6) is 0.203. The van der Waals surface area contributed by atoms with E-state index in [1.165, 1.54) is 13.2 Å². The van der Waals surface area contributed by atoms with Crippen LogP contribution in [0, 0.1) is 12.7 Å². The van der Waals surface area contributed by atoms with Crippen LogP contribution in [0.25, 0.3) is 0 Å². The highest BCUT2D eigenvalue weighted by Crippen LogP contribution is 2.30. The highest BCUT2D eigenvalue weighted by Gasteiger charge is 2.10. The fraction of sp³-hybridized carbons (Fsp3) is 0.235. The number of hydrogen-bond acceptors (Lipinski definition) is 2. The highest BCUT2D eigenvalue weighted by atomic mass is 35.5. The largest absolute Gasteiger partial charge is 0.495 e. The van der Waals surface area contributed by atoms with Gasteiger partial charge >= 0.3 is 6.03 Å². The van der Waals surface area contributed by atoms with Crippen LogP contribution in [0.4, 0.5) is 14.9 Å². The lowest BCUT2D eigenvalue weighted by atomic mass is 10.1. The number of rotatable bonds is 5. The Morgan fingerprint density at radius 3 is 2.74 bits per heavy atom. The second-order valence-corrected chi connectivity index (χ2v) is 5.43. The van der Waals surface area contributed by atoms with Crippen LogP contribution in [-0.2, 0) is 6.42 Å². The topological polar surface area (TPSA) is 50.4 Å². The number of carbonyl (C=O) groups excluding carboxylic acids is 1. The van der Waals surface area contributed by atoms with Gasteiger partial charge in [0.2, 0.25) is 0 Å². The smallest absolute Gasteiger partial charge is 0.319 e. The van der Waals surface area contributed by atoms with Gasteiger partial charge in [-0.3, -0.25) is 0 Å². The Morgan fingerprint density at radius 2 is 2.04 bits per heavy atom. The van der Waals surface area contributed by atoms with Crippen LogP contribution in [0.2, 0.25) is 5.02 Å². The Labute approximate surface area is 139 Å². The maximum Gasteiger partial charge on any atom is 0.319 e. The molecule has 2 N–H and O–H groups in total. The van der Waals surface area contributed by atoms with Crippen LogP contribution in [0.5, 0.6) is 5.75 Å². The van der Waals surface area contributed by atoms with Crippen molar-refractivity contribution in [3.63, 3.8) is 0 Å². The second kappa shape index (κ2) is 7.83. The summed E-state index contributed by atoms with van der Waals surface area (Å²) >= 11 is 6.02. The number of amides is 2. The molecule has 0 aliphatic heterocycles. The van der Waals surface area contributed by atoms with E-state index in [1.54, 1.807) is 30.3 Å². The molecule has 2 aromatic rings. The second-order valence-electron chi connectivity index (χ2n) is 5.02. The van der Waals surface area contributed by atoms with Gasteiger partial charge in [-0.25, -0.2) is 9.18 Å². The fourth-order valence-electron chi connectivity index (χ4n) is 2.11. The number of benzene rings is 2. The molecule has 4 nitrogen and oxygen atoms in total. The van der Waals surface area contributed by atoms with Crippen LogP contribution < -0.4 is 15.4 Å². The van der Waals surface area contributed by atoms with Crippen LogP contribution in [0.1, 0.15) is 11.1 Å². The molecule has 0 unspecified atom stereocenters. The molecule has 0 bridgehead atoms. The lowest BCUT2D eigenvalue weighted by Gasteiger charge is -2.13.